The number of hydrogen-bond donors (Lipinski definition) is 1. The summed E-state index contributed by atoms with van der Waals surface area (Å²) in [6.07, 6.45) is 11.2. The van der Waals surface area contributed by atoms with Crippen LogP contribution in [0.4, 0.5) is 0 Å². The van der Waals surface area contributed by atoms with Crippen LogP contribution in [0.5, 0.6) is 0 Å². The molecule has 0 aliphatic carbocycles. The Morgan fingerprint density at radius 2 is 1.85 bits per heavy atom. The van der Waals surface area contributed by atoms with Crippen molar-refractivity contribution in [3.63, 3.8) is 0 Å². The monoisotopic (exact) mass is 184 g/mol. The number of unbranched alkanes of at least 4 members (excludes halogenated alkanes) is 4. The van der Waals surface area contributed by atoms with Gasteiger partial charge < -0.3 is 5.11 Å². The number of carboxylic acids is 1. The predicted molar refractivity (Wildman–Crippen MR) is 54.8 cm³/mol. The maximum absolute atomic E-state index is 10.2. The Hall–Kier alpha value is -0.790. The van der Waals surface area contributed by atoms with Gasteiger partial charge in [-0.3, -0.25) is 4.79 Å². The van der Waals surface area contributed by atoms with Gasteiger partial charge in [-0.2, -0.15) is 0 Å². The molecule has 0 heterocycles. The Morgan fingerprint density at radius 1 is 1.15 bits per heavy atom. The summed E-state index contributed by atoms with van der Waals surface area (Å²) in [6.45, 7) is 2.13. The minimum Gasteiger partial charge on any atom is -0.481 e. The zero-order valence-corrected chi connectivity index (χ0v) is 8.46. The van der Waals surface area contributed by atoms with E-state index in [2.05, 4.69) is 19.1 Å². The number of carbonyl (C=O) groups is 1. The highest BCUT2D eigenvalue weighted by Gasteiger charge is 1.95. The molecule has 0 aromatic carbocycles. The quantitative estimate of drug-likeness (QED) is 0.464. The molecule has 0 bridgehead atoms. The summed E-state index contributed by atoms with van der Waals surface area (Å²) in [4.78, 5) is 10.2. The van der Waals surface area contributed by atoms with Crippen LogP contribution in [-0.4, -0.2) is 11.1 Å². The Labute approximate surface area is 80.7 Å². The molecule has 0 atom stereocenters. The van der Waals surface area contributed by atoms with Gasteiger partial charge in [-0.25, -0.2) is 0 Å². The predicted octanol–water partition coefficient (Wildman–Crippen LogP) is 3.38. The molecule has 1 N–H and O–H groups in total. The Morgan fingerprint density at radius 3 is 2.46 bits per heavy atom. The lowest BCUT2D eigenvalue weighted by atomic mass is 10.1. The van der Waals surface area contributed by atoms with E-state index in [9.17, 15) is 4.79 Å². The fourth-order valence-electron chi connectivity index (χ4n) is 1.18. The third-order valence-corrected chi connectivity index (χ3v) is 1.91. The maximum atomic E-state index is 10.2. The summed E-state index contributed by atoms with van der Waals surface area (Å²) in [7, 11) is 0. The second-order valence-corrected chi connectivity index (χ2v) is 3.23. The van der Waals surface area contributed by atoms with Gasteiger partial charge in [0.25, 0.3) is 0 Å². The zero-order valence-electron chi connectivity index (χ0n) is 8.46. The normalized spacial score (nSPS) is 10.8. The van der Waals surface area contributed by atoms with Crippen molar-refractivity contribution in [3.8, 4) is 0 Å². The Balaban J connectivity index is 2.99. The second-order valence-electron chi connectivity index (χ2n) is 3.23. The van der Waals surface area contributed by atoms with Crippen molar-refractivity contribution in [2.75, 3.05) is 0 Å². The molecular weight excluding hydrogens is 164 g/mol. The average molecular weight is 184 g/mol. The third-order valence-electron chi connectivity index (χ3n) is 1.91. The lowest BCUT2D eigenvalue weighted by molar-refractivity contribution is -0.137. The van der Waals surface area contributed by atoms with E-state index >= 15 is 0 Å². The van der Waals surface area contributed by atoms with Crippen molar-refractivity contribution in [3.05, 3.63) is 12.2 Å². The van der Waals surface area contributed by atoms with Gasteiger partial charge >= 0.3 is 5.97 Å². The maximum Gasteiger partial charge on any atom is 0.303 e. The van der Waals surface area contributed by atoms with Crippen LogP contribution in [0.2, 0.25) is 0 Å². The molecule has 0 aliphatic heterocycles. The van der Waals surface area contributed by atoms with Crippen molar-refractivity contribution in [1.29, 1.82) is 0 Å². The first-order chi connectivity index (χ1) is 6.27. The van der Waals surface area contributed by atoms with Crippen LogP contribution < -0.4 is 0 Å². The number of rotatable bonds is 8. The van der Waals surface area contributed by atoms with E-state index in [0.717, 1.165) is 32.1 Å². The van der Waals surface area contributed by atoms with E-state index in [0.29, 0.717) is 6.42 Å². The molecule has 0 fully saturated rings. The summed E-state index contributed by atoms with van der Waals surface area (Å²) in [5.41, 5.74) is 0. The lowest BCUT2D eigenvalue weighted by Gasteiger charge is -1.96. The van der Waals surface area contributed by atoms with Gasteiger partial charge in [0.2, 0.25) is 0 Å². The standard InChI is InChI=1S/C11H20O2/c1-2-3-4-5-6-7-8-9-10-11(12)13/h3-4H,2,5-10H2,1H3,(H,12,13). The first-order valence-corrected chi connectivity index (χ1v) is 5.14. The number of allylic oxidation sites excluding steroid dienone is 2. The molecule has 76 valence electrons. The lowest BCUT2D eigenvalue weighted by Crippen LogP contribution is -1.93. The summed E-state index contributed by atoms with van der Waals surface area (Å²) in [6, 6.07) is 0. The van der Waals surface area contributed by atoms with Crippen LogP contribution >= 0.6 is 0 Å². The molecule has 0 rings (SSSR count). The van der Waals surface area contributed by atoms with Crippen molar-refractivity contribution in [2.45, 2.75) is 51.9 Å². The highest BCUT2D eigenvalue weighted by molar-refractivity contribution is 5.66. The largest absolute Gasteiger partial charge is 0.481 e. The van der Waals surface area contributed by atoms with Gasteiger partial charge in [-0.05, 0) is 25.7 Å². The van der Waals surface area contributed by atoms with Crippen LogP contribution in [0, 0.1) is 0 Å². The average Bonchev–Trinajstić information content (AvgIpc) is 2.09. The summed E-state index contributed by atoms with van der Waals surface area (Å²) in [5, 5.41) is 8.37. The van der Waals surface area contributed by atoms with Crippen LogP contribution in [0.15, 0.2) is 12.2 Å². The minimum absolute atomic E-state index is 0.324. The van der Waals surface area contributed by atoms with Crippen LogP contribution in [0.1, 0.15) is 51.9 Å². The van der Waals surface area contributed by atoms with E-state index in [1.165, 1.54) is 6.42 Å². The van der Waals surface area contributed by atoms with Gasteiger partial charge in [-0.15, -0.1) is 0 Å². The molecule has 0 spiro atoms. The van der Waals surface area contributed by atoms with Gasteiger partial charge in [-0.1, -0.05) is 31.9 Å². The van der Waals surface area contributed by atoms with Gasteiger partial charge in [0, 0.05) is 6.42 Å². The summed E-state index contributed by atoms with van der Waals surface area (Å²) < 4.78 is 0. The fourth-order valence-corrected chi connectivity index (χ4v) is 1.18. The number of hydrogen-bond acceptors (Lipinski definition) is 1. The third kappa shape index (κ3) is 11.2. The second kappa shape index (κ2) is 9.30. The molecule has 0 saturated heterocycles. The molecule has 0 unspecified atom stereocenters. The van der Waals surface area contributed by atoms with Crippen molar-refractivity contribution in [1.82, 2.24) is 0 Å². The first-order valence-electron chi connectivity index (χ1n) is 5.14. The molecule has 0 saturated carbocycles. The Kier molecular flexibility index (Phi) is 8.73. The van der Waals surface area contributed by atoms with E-state index < -0.39 is 5.97 Å². The molecule has 2 heteroatoms. The van der Waals surface area contributed by atoms with Crippen molar-refractivity contribution >= 4 is 5.97 Å². The SMILES string of the molecule is CCC=CCCCCCCC(=O)O. The highest BCUT2D eigenvalue weighted by Crippen LogP contribution is 2.05. The highest BCUT2D eigenvalue weighted by atomic mass is 16.4. The zero-order chi connectivity index (χ0) is 9.94. The molecule has 0 aliphatic rings. The van der Waals surface area contributed by atoms with E-state index in [-0.39, 0.29) is 0 Å². The molecule has 13 heavy (non-hydrogen) atoms. The van der Waals surface area contributed by atoms with Crippen LogP contribution in [0.3, 0.4) is 0 Å². The molecular formula is C11H20O2. The van der Waals surface area contributed by atoms with E-state index in [1.807, 2.05) is 0 Å². The first kappa shape index (κ1) is 12.2. The van der Waals surface area contributed by atoms with Gasteiger partial charge in [0.1, 0.15) is 0 Å². The molecule has 2 nitrogen and oxygen atoms in total. The van der Waals surface area contributed by atoms with Crippen LogP contribution in [0.25, 0.3) is 0 Å². The van der Waals surface area contributed by atoms with E-state index in [1.54, 1.807) is 0 Å². The van der Waals surface area contributed by atoms with Gasteiger partial charge in [0.15, 0.2) is 0 Å². The van der Waals surface area contributed by atoms with Crippen molar-refractivity contribution in [2.24, 2.45) is 0 Å². The van der Waals surface area contributed by atoms with Crippen molar-refractivity contribution < 1.29 is 9.90 Å². The number of carboxylic acid groups (broad SMARTS) is 1. The minimum atomic E-state index is -0.675. The van der Waals surface area contributed by atoms with E-state index in [4.69, 9.17) is 5.11 Å². The van der Waals surface area contributed by atoms with Crippen LogP contribution in [-0.2, 0) is 4.79 Å². The molecule has 0 aromatic heterocycles. The topological polar surface area (TPSA) is 37.3 Å². The van der Waals surface area contributed by atoms with Gasteiger partial charge in [0.05, 0.1) is 0 Å². The molecule has 0 aromatic rings. The smallest absolute Gasteiger partial charge is 0.303 e. The fraction of sp³-hybridized carbons (Fsp3) is 0.727. The summed E-state index contributed by atoms with van der Waals surface area (Å²) in [5.74, 6) is -0.675. The Bertz CT molecular complexity index is 150. The summed E-state index contributed by atoms with van der Waals surface area (Å²) >= 11 is 0. The molecule has 0 amide bonds. The number of aliphatic carboxylic acids is 1. The molecule has 0 radical (unpaired) electrons.